The van der Waals surface area contributed by atoms with Gasteiger partial charge in [-0.05, 0) is 51.2 Å². The predicted octanol–water partition coefficient (Wildman–Crippen LogP) is 4.28. The Hall–Kier alpha value is -3.39. The van der Waals surface area contributed by atoms with Crippen LogP contribution in [-0.2, 0) is 33.4 Å². The van der Waals surface area contributed by atoms with Gasteiger partial charge >= 0.3 is 17.9 Å². The summed E-state index contributed by atoms with van der Waals surface area (Å²) in [6.45, 7) is 3.68. The number of carbonyl (C=O) groups excluding carboxylic acids is 3. The SMILES string of the molecule is CCOC(=O)C1=C(C(=O)OCC)C2C(=C(C(=O)OC)C1=C1CCCCC1)N(OC)c1ccccc12. The van der Waals surface area contributed by atoms with Crippen LogP contribution in [0.4, 0.5) is 5.69 Å². The number of anilines is 1. The average Bonchev–Trinajstić information content (AvgIpc) is 3.21. The average molecular weight is 482 g/mol. The van der Waals surface area contributed by atoms with Crippen molar-refractivity contribution < 1.29 is 33.4 Å². The van der Waals surface area contributed by atoms with Gasteiger partial charge in [-0.3, -0.25) is 4.84 Å². The van der Waals surface area contributed by atoms with E-state index < -0.39 is 23.8 Å². The number of hydrogen-bond acceptors (Lipinski definition) is 8. The van der Waals surface area contributed by atoms with Crippen molar-refractivity contribution in [1.29, 1.82) is 0 Å². The molecule has 1 aromatic carbocycles. The lowest BCUT2D eigenvalue weighted by Gasteiger charge is -2.33. The van der Waals surface area contributed by atoms with Gasteiger partial charge in [0.05, 0.1) is 61.5 Å². The van der Waals surface area contributed by atoms with Crippen molar-refractivity contribution in [3.05, 3.63) is 63.4 Å². The van der Waals surface area contributed by atoms with Crippen molar-refractivity contribution in [3.63, 3.8) is 0 Å². The smallest absolute Gasteiger partial charge is 0.340 e. The Morgan fingerprint density at radius 3 is 2.17 bits per heavy atom. The summed E-state index contributed by atoms with van der Waals surface area (Å²) in [5, 5.41) is 1.55. The van der Waals surface area contributed by atoms with Crippen molar-refractivity contribution in [3.8, 4) is 0 Å². The summed E-state index contributed by atoms with van der Waals surface area (Å²) in [7, 11) is 2.81. The van der Waals surface area contributed by atoms with Crippen LogP contribution in [0.25, 0.3) is 0 Å². The van der Waals surface area contributed by atoms with Crippen LogP contribution in [0.2, 0.25) is 0 Å². The third kappa shape index (κ3) is 4.16. The maximum Gasteiger partial charge on any atom is 0.340 e. The zero-order valence-corrected chi connectivity index (χ0v) is 20.6. The van der Waals surface area contributed by atoms with Gasteiger partial charge in [0.25, 0.3) is 0 Å². The summed E-state index contributed by atoms with van der Waals surface area (Å²) >= 11 is 0. The van der Waals surface area contributed by atoms with Crippen molar-refractivity contribution in [2.45, 2.75) is 51.9 Å². The minimum atomic E-state index is -0.758. The molecule has 0 bridgehead atoms. The summed E-state index contributed by atoms with van der Waals surface area (Å²) in [4.78, 5) is 46.2. The number of carbonyl (C=O) groups is 3. The molecule has 2 aliphatic carbocycles. The topological polar surface area (TPSA) is 91.4 Å². The van der Waals surface area contributed by atoms with Crippen LogP contribution in [0.3, 0.4) is 0 Å². The van der Waals surface area contributed by atoms with E-state index in [-0.39, 0.29) is 29.9 Å². The number of hydrogen-bond donors (Lipinski definition) is 0. The van der Waals surface area contributed by atoms with Gasteiger partial charge in [-0.2, -0.15) is 0 Å². The van der Waals surface area contributed by atoms with Gasteiger partial charge in [-0.15, -0.1) is 0 Å². The molecule has 0 saturated heterocycles. The number of hydroxylamine groups is 1. The molecule has 0 N–H and O–H groups in total. The molecule has 8 heteroatoms. The normalized spacial score (nSPS) is 19.4. The van der Waals surface area contributed by atoms with Crippen LogP contribution in [0.5, 0.6) is 0 Å². The number of nitrogens with zero attached hydrogens (tertiary/aromatic N) is 1. The van der Waals surface area contributed by atoms with Crippen LogP contribution in [0, 0.1) is 0 Å². The number of fused-ring (bicyclic) bond motifs is 3. The molecule has 0 radical (unpaired) electrons. The molecule has 1 saturated carbocycles. The van der Waals surface area contributed by atoms with Gasteiger partial charge in [0.2, 0.25) is 0 Å². The number of benzene rings is 1. The Morgan fingerprint density at radius 1 is 0.886 bits per heavy atom. The number of methoxy groups -OCH3 is 1. The van der Waals surface area contributed by atoms with E-state index in [1.54, 1.807) is 18.9 Å². The highest BCUT2D eigenvalue weighted by atomic mass is 16.7. The summed E-state index contributed by atoms with van der Waals surface area (Å²) in [6.07, 6.45) is 4.30. The first-order valence-corrected chi connectivity index (χ1v) is 12.1. The molecule has 1 fully saturated rings. The van der Waals surface area contributed by atoms with Crippen molar-refractivity contribution >= 4 is 23.6 Å². The highest BCUT2D eigenvalue weighted by Crippen LogP contribution is 2.55. The predicted molar refractivity (Wildman–Crippen MR) is 128 cm³/mol. The quantitative estimate of drug-likeness (QED) is 0.439. The maximum atomic E-state index is 13.5. The van der Waals surface area contributed by atoms with E-state index in [1.807, 2.05) is 24.3 Å². The van der Waals surface area contributed by atoms with Gasteiger partial charge in [0, 0.05) is 5.57 Å². The van der Waals surface area contributed by atoms with Crippen LogP contribution >= 0.6 is 0 Å². The molecule has 1 aromatic rings. The van der Waals surface area contributed by atoms with Crippen molar-refractivity contribution in [1.82, 2.24) is 0 Å². The molecule has 1 aliphatic heterocycles. The second-order valence-corrected chi connectivity index (χ2v) is 8.49. The van der Waals surface area contributed by atoms with E-state index in [4.69, 9.17) is 19.0 Å². The Morgan fingerprint density at radius 2 is 1.54 bits per heavy atom. The second-order valence-electron chi connectivity index (χ2n) is 8.49. The number of allylic oxidation sites excluding steroid dienone is 2. The fourth-order valence-corrected chi connectivity index (χ4v) is 5.31. The van der Waals surface area contributed by atoms with Gasteiger partial charge in [-0.1, -0.05) is 30.2 Å². The van der Waals surface area contributed by atoms with Crippen LogP contribution in [0.15, 0.2) is 57.8 Å². The van der Waals surface area contributed by atoms with Crippen LogP contribution in [-0.4, -0.2) is 45.3 Å². The minimum absolute atomic E-state index is 0.0871. The molecule has 35 heavy (non-hydrogen) atoms. The van der Waals surface area contributed by atoms with Crippen molar-refractivity contribution in [2.24, 2.45) is 0 Å². The van der Waals surface area contributed by atoms with Crippen LogP contribution < -0.4 is 5.06 Å². The zero-order chi connectivity index (χ0) is 25.1. The molecule has 0 aromatic heterocycles. The maximum absolute atomic E-state index is 13.5. The lowest BCUT2D eigenvalue weighted by molar-refractivity contribution is -0.142. The Kier molecular flexibility index (Phi) is 7.40. The Bertz CT molecular complexity index is 1140. The van der Waals surface area contributed by atoms with Gasteiger partial charge in [0.15, 0.2) is 0 Å². The largest absolute Gasteiger partial charge is 0.465 e. The lowest BCUT2D eigenvalue weighted by Crippen LogP contribution is -2.33. The number of esters is 3. The fraction of sp³-hybridized carbons (Fsp3) is 0.444. The fourth-order valence-electron chi connectivity index (χ4n) is 5.31. The van der Waals surface area contributed by atoms with E-state index in [1.165, 1.54) is 14.2 Å². The molecule has 8 nitrogen and oxygen atoms in total. The molecule has 1 atom stereocenters. The van der Waals surface area contributed by atoms with Gasteiger partial charge in [-0.25, -0.2) is 19.4 Å². The summed E-state index contributed by atoms with van der Waals surface area (Å²) in [5.74, 6) is -2.63. The molecule has 1 heterocycles. The van der Waals surface area contributed by atoms with Gasteiger partial charge < -0.3 is 14.2 Å². The highest BCUT2D eigenvalue weighted by Gasteiger charge is 2.50. The molecular weight excluding hydrogens is 450 g/mol. The van der Waals surface area contributed by atoms with E-state index >= 15 is 0 Å². The third-order valence-corrected chi connectivity index (χ3v) is 6.63. The van der Waals surface area contributed by atoms with Crippen LogP contribution in [0.1, 0.15) is 57.4 Å². The monoisotopic (exact) mass is 481 g/mol. The third-order valence-electron chi connectivity index (χ3n) is 6.63. The molecule has 186 valence electrons. The number of rotatable bonds is 6. The van der Waals surface area contributed by atoms with E-state index in [9.17, 15) is 14.4 Å². The summed E-state index contributed by atoms with van der Waals surface area (Å²) < 4.78 is 16.2. The molecular formula is C27H31NO7. The molecule has 1 unspecified atom stereocenters. The standard InChI is InChI=1S/C27H31NO7/c1-5-34-26(30)21-19(16-12-8-7-9-13-16)23(25(29)32-3)24-20(22(21)27(31)35-6-2)17-14-10-11-15-18(17)28(24)33-4/h10-11,14-15,20H,5-9,12-13H2,1-4H3. The first kappa shape index (κ1) is 24.7. The summed E-state index contributed by atoms with van der Waals surface area (Å²) in [6, 6.07) is 7.39. The van der Waals surface area contributed by atoms with E-state index in [0.717, 1.165) is 30.4 Å². The van der Waals surface area contributed by atoms with E-state index in [0.29, 0.717) is 29.8 Å². The Labute approximate surface area is 205 Å². The first-order chi connectivity index (χ1) is 17.0. The first-order valence-electron chi connectivity index (χ1n) is 12.1. The molecule has 3 aliphatic rings. The van der Waals surface area contributed by atoms with E-state index in [2.05, 4.69) is 0 Å². The highest BCUT2D eigenvalue weighted by molar-refractivity contribution is 6.13. The summed E-state index contributed by atoms with van der Waals surface area (Å²) in [5.41, 5.74) is 3.67. The molecule has 0 spiro atoms. The Balaban J connectivity index is 2.15. The molecule has 0 amide bonds. The molecule has 4 rings (SSSR count). The zero-order valence-electron chi connectivity index (χ0n) is 20.6. The van der Waals surface area contributed by atoms with Gasteiger partial charge in [0.1, 0.15) is 0 Å². The number of ether oxygens (including phenoxy) is 3. The second kappa shape index (κ2) is 10.5. The minimum Gasteiger partial charge on any atom is -0.465 e. The number of para-hydroxylation sites is 1. The van der Waals surface area contributed by atoms with Crippen molar-refractivity contribution in [2.75, 3.05) is 32.5 Å². The lowest BCUT2D eigenvalue weighted by atomic mass is 9.73.